The Hall–Kier alpha value is -0.680. The molecule has 0 amide bonds. The van der Waals surface area contributed by atoms with Crippen LogP contribution in [0.4, 0.5) is 8.78 Å². The number of aromatic hydroxyl groups is 1. The van der Waals surface area contributed by atoms with Crippen molar-refractivity contribution < 1.29 is 13.9 Å². The first-order chi connectivity index (χ1) is 6.07. The average molecular weight is 252 g/mol. The molecule has 0 radical (unpaired) electrons. The second kappa shape index (κ2) is 4.02. The summed E-state index contributed by atoms with van der Waals surface area (Å²) in [5, 5.41) is 11.7. The fourth-order valence-electron chi connectivity index (χ4n) is 0.959. The third kappa shape index (κ3) is 1.97. The Morgan fingerprint density at radius 3 is 2.69 bits per heavy atom. The highest BCUT2D eigenvalue weighted by molar-refractivity contribution is 9.10. The zero-order valence-electron chi connectivity index (χ0n) is 6.87. The van der Waals surface area contributed by atoms with Crippen molar-refractivity contribution in [3.05, 3.63) is 27.7 Å². The van der Waals surface area contributed by atoms with E-state index in [2.05, 4.69) is 21.2 Å². The SMILES string of the molecule is CNCc1c(F)cc(O)c(Br)c1F. The van der Waals surface area contributed by atoms with E-state index in [-0.39, 0.29) is 16.6 Å². The van der Waals surface area contributed by atoms with E-state index in [0.717, 1.165) is 6.07 Å². The summed E-state index contributed by atoms with van der Waals surface area (Å²) in [5.41, 5.74) is -0.0906. The van der Waals surface area contributed by atoms with Crippen LogP contribution in [-0.4, -0.2) is 12.2 Å². The van der Waals surface area contributed by atoms with Gasteiger partial charge in [0, 0.05) is 18.2 Å². The van der Waals surface area contributed by atoms with Crippen molar-refractivity contribution in [1.82, 2.24) is 5.32 Å². The van der Waals surface area contributed by atoms with Crippen LogP contribution in [0.25, 0.3) is 0 Å². The van der Waals surface area contributed by atoms with Gasteiger partial charge in [-0.2, -0.15) is 0 Å². The van der Waals surface area contributed by atoms with Gasteiger partial charge in [-0.3, -0.25) is 0 Å². The van der Waals surface area contributed by atoms with Crippen LogP contribution < -0.4 is 5.32 Å². The van der Waals surface area contributed by atoms with Gasteiger partial charge in [0.25, 0.3) is 0 Å². The molecule has 0 unspecified atom stereocenters. The van der Waals surface area contributed by atoms with Gasteiger partial charge in [-0.1, -0.05) is 0 Å². The van der Waals surface area contributed by atoms with Crippen LogP contribution in [-0.2, 0) is 6.54 Å². The van der Waals surface area contributed by atoms with Crippen molar-refractivity contribution in [3.63, 3.8) is 0 Å². The molecule has 0 aliphatic rings. The van der Waals surface area contributed by atoms with E-state index in [9.17, 15) is 8.78 Å². The van der Waals surface area contributed by atoms with Crippen molar-refractivity contribution >= 4 is 15.9 Å². The Morgan fingerprint density at radius 1 is 1.54 bits per heavy atom. The zero-order chi connectivity index (χ0) is 10.0. The van der Waals surface area contributed by atoms with Crippen LogP contribution >= 0.6 is 15.9 Å². The molecule has 1 aromatic carbocycles. The van der Waals surface area contributed by atoms with Crippen LogP contribution in [0.3, 0.4) is 0 Å². The van der Waals surface area contributed by atoms with Gasteiger partial charge in [0.15, 0.2) is 0 Å². The fraction of sp³-hybridized carbons (Fsp3) is 0.250. The summed E-state index contributed by atoms with van der Waals surface area (Å²) in [6.45, 7) is 0.0799. The van der Waals surface area contributed by atoms with Crippen LogP contribution in [0.1, 0.15) is 5.56 Å². The molecule has 0 fully saturated rings. The van der Waals surface area contributed by atoms with Crippen LogP contribution in [0.5, 0.6) is 5.75 Å². The van der Waals surface area contributed by atoms with E-state index in [1.54, 1.807) is 7.05 Å². The molecule has 0 aliphatic heterocycles. The highest BCUT2D eigenvalue weighted by atomic mass is 79.9. The Morgan fingerprint density at radius 2 is 2.15 bits per heavy atom. The van der Waals surface area contributed by atoms with E-state index >= 15 is 0 Å². The maximum absolute atomic E-state index is 13.2. The Bertz CT molecular complexity index is 330. The molecule has 13 heavy (non-hydrogen) atoms. The summed E-state index contributed by atoms with van der Waals surface area (Å²) in [6.07, 6.45) is 0. The fourth-order valence-corrected chi connectivity index (χ4v) is 1.31. The van der Waals surface area contributed by atoms with E-state index in [0.29, 0.717) is 0 Å². The largest absolute Gasteiger partial charge is 0.507 e. The van der Waals surface area contributed by atoms with Gasteiger partial charge >= 0.3 is 0 Å². The van der Waals surface area contributed by atoms with Gasteiger partial charge in [0.2, 0.25) is 0 Å². The van der Waals surface area contributed by atoms with E-state index in [1.165, 1.54) is 0 Å². The van der Waals surface area contributed by atoms with Crippen LogP contribution in [0.15, 0.2) is 10.5 Å². The lowest BCUT2D eigenvalue weighted by Crippen LogP contribution is -2.09. The molecule has 0 aromatic heterocycles. The van der Waals surface area contributed by atoms with Crippen LogP contribution in [0, 0.1) is 11.6 Å². The number of rotatable bonds is 2. The monoisotopic (exact) mass is 251 g/mol. The molecule has 2 N–H and O–H groups in total. The smallest absolute Gasteiger partial charge is 0.148 e. The average Bonchev–Trinajstić information content (AvgIpc) is 2.09. The van der Waals surface area contributed by atoms with Gasteiger partial charge in [-0.05, 0) is 23.0 Å². The molecule has 0 atom stereocenters. The summed E-state index contributed by atoms with van der Waals surface area (Å²) in [4.78, 5) is 0. The minimum absolute atomic E-state index is 0.0799. The number of phenolic OH excluding ortho intramolecular Hbond substituents is 1. The molecule has 2 nitrogen and oxygen atoms in total. The first-order valence-electron chi connectivity index (χ1n) is 3.58. The first-order valence-corrected chi connectivity index (χ1v) is 4.37. The molecular formula is C8H8BrF2NO. The molecule has 0 aliphatic carbocycles. The molecule has 0 bridgehead atoms. The lowest BCUT2D eigenvalue weighted by Gasteiger charge is -2.06. The van der Waals surface area contributed by atoms with Gasteiger partial charge in [-0.15, -0.1) is 0 Å². The van der Waals surface area contributed by atoms with Gasteiger partial charge in [0.1, 0.15) is 17.4 Å². The predicted octanol–water partition coefficient (Wildman–Crippen LogP) is 2.15. The van der Waals surface area contributed by atoms with Crippen molar-refractivity contribution in [2.24, 2.45) is 0 Å². The summed E-state index contributed by atoms with van der Waals surface area (Å²) < 4.78 is 26.1. The summed E-state index contributed by atoms with van der Waals surface area (Å²) in [7, 11) is 1.58. The Labute approximate surface area is 82.7 Å². The second-order valence-corrected chi connectivity index (χ2v) is 3.31. The Balaban J connectivity index is 3.26. The third-order valence-corrected chi connectivity index (χ3v) is 2.34. The number of halogens is 3. The van der Waals surface area contributed by atoms with Gasteiger partial charge < -0.3 is 10.4 Å². The van der Waals surface area contributed by atoms with Gasteiger partial charge in [0.05, 0.1) is 4.47 Å². The van der Waals surface area contributed by atoms with Gasteiger partial charge in [-0.25, -0.2) is 8.78 Å². The van der Waals surface area contributed by atoms with Crippen molar-refractivity contribution in [3.8, 4) is 5.75 Å². The maximum Gasteiger partial charge on any atom is 0.148 e. The lowest BCUT2D eigenvalue weighted by molar-refractivity contribution is 0.450. The molecule has 0 heterocycles. The number of phenols is 1. The van der Waals surface area contributed by atoms with E-state index in [1.807, 2.05) is 0 Å². The summed E-state index contributed by atoms with van der Waals surface area (Å²) in [6, 6.07) is 0.875. The summed E-state index contributed by atoms with van der Waals surface area (Å²) >= 11 is 2.81. The summed E-state index contributed by atoms with van der Waals surface area (Å²) in [5.74, 6) is -1.96. The highest BCUT2D eigenvalue weighted by Gasteiger charge is 2.15. The topological polar surface area (TPSA) is 32.3 Å². The quantitative estimate of drug-likeness (QED) is 0.790. The van der Waals surface area contributed by atoms with Crippen LogP contribution in [0.2, 0.25) is 0 Å². The Kier molecular flexibility index (Phi) is 3.22. The first kappa shape index (κ1) is 10.4. The molecule has 0 saturated carbocycles. The third-order valence-electron chi connectivity index (χ3n) is 1.59. The maximum atomic E-state index is 13.2. The highest BCUT2D eigenvalue weighted by Crippen LogP contribution is 2.30. The molecule has 5 heteroatoms. The molecule has 1 rings (SSSR count). The molecule has 0 saturated heterocycles. The van der Waals surface area contributed by atoms with Crippen molar-refractivity contribution in [1.29, 1.82) is 0 Å². The molecular weight excluding hydrogens is 244 g/mol. The van der Waals surface area contributed by atoms with Crippen molar-refractivity contribution in [2.75, 3.05) is 7.05 Å². The van der Waals surface area contributed by atoms with Crippen molar-refractivity contribution in [2.45, 2.75) is 6.54 Å². The number of hydrogen-bond donors (Lipinski definition) is 2. The molecule has 72 valence electrons. The lowest BCUT2D eigenvalue weighted by atomic mass is 10.2. The van der Waals surface area contributed by atoms with E-state index in [4.69, 9.17) is 5.11 Å². The molecule has 1 aromatic rings. The second-order valence-electron chi connectivity index (χ2n) is 2.51. The zero-order valence-corrected chi connectivity index (χ0v) is 8.45. The number of nitrogens with one attached hydrogen (secondary N) is 1. The molecule has 0 spiro atoms. The predicted molar refractivity (Wildman–Crippen MR) is 48.5 cm³/mol. The van der Waals surface area contributed by atoms with E-state index < -0.39 is 17.4 Å². The standard InChI is InChI=1S/C8H8BrF2NO/c1-12-3-4-5(10)2-6(13)7(9)8(4)11/h2,12-13H,3H2,1H3. The number of hydrogen-bond acceptors (Lipinski definition) is 2. The minimum atomic E-state index is -0.771. The number of benzene rings is 1. The minimum Gasteiger partial charge on any atom is -0.507 e. The normalized spacial score (nSPS) is 10.5.